The van der Waals surface area contributed by atoms with Crippen LogP contribution in [0, 0.1) is 12.3 Å². The molecule has 1 aromatic rings. The monoisotopic (exact) mass is 135 g/mol. The van der Waals surface area contributed by atoms with Gasteiger partial charge in [-0.25, -0.2) is 0 Å². The second-order valence-electron chi connectivity index (χ2n) is 2.21. The first kappa shape index (κ1) is 6.81. The third-order valence-corrected chi connectivity index (χ3v) is 1.36. The van der Waals surface area contributed by atoms with Crippen LogP contribution in [-0.4, -0.2) is 15.4 Å². The third kappa shape index (κ3) is 1.35. The molecule has 3 heteroatoms. The van der Waals surface area contributed by atoms with E-state index in [-0.39, 0.29) is 0 Å². The van der Waals surface area contributed by atoms with E-state index in [0.717, 1.165) is 5.69 Å². The van der Waals surface area contributed by atoms with Gasteiger partial charge in [-0.2, -0.15) is 0 Å². The van der Waals surface area contributed by atoms with E-state index < -0.39 is 0 Å². The zero-order valence-electron chi connectivity index (χ0n) is 5.83. The summed E-state index contributed by atoms with van der Waals surface area (Å²) in [6, 6.07) is 0. The lowest BCUT2D eigenvalue weighted by atomic mass is 10.1. The number of nitrogens with zero attached hydrogens (tertiary/aromatic N) is 2. The molecule has 1 atom stereocenters. The number of aromatic nitrogens is 3. The average molecular weight is 135 g/mol. The van der Waals surface area contributed by atoms with Crippen molar-refractivity contribution in [2.24, 2.45) is 0 Å². The van der Waals surface area contributed by atoms with Crippen LogP contribution in [0.15, 0.2) is 6.20 Å². The lowest BCUT2D eigenvalue weighted by molar-refractivity contribution is 0.753. The van der Waals surface area contributed by atoms with E-state index in [9.17, 15) is 0 Å². The Morgan fingerprint density at radius 2 is 2.70 bits per heavy atom. The summed E-state index contributed by atoms with van der Waals surface area (Å²) in [6.07, 6.45) is 7.61. The second kappa shape index (κ2) is 3.02. The highest BCUT2D eigenvalue weighted by atomic mass is 15.3. The highest BCUT2D eigenvalue weighted by molar-refractivity contribution is 5.03. The first-order valence-electron chi connectivity index (χ1n) is 3.14. The molecule has 0 bridgehead atoms. The maximum atomic E-state index is 5.13. The number of aromatic amines is 1. The van der Waals surface area contributed by atoms with Crippen LogP contribution in [0.2, 0.25) is 0 Å². The zero-order valence-corrected chi connectivity index (χ0v) is 5.83. The molecule has 0 amide bonds. The van der Waals surface area contributed by atoms with Gasteiger partial charge in [-0.15, -0.1) is 17.4 Å². The Morgan fingerprint density at radius 3 is 3.20 bits per heavy atom. The number of H-pyrrole nitrogens is 1. The van der Waals surface area contributed by atoms with Gasteiger partial charge in [0.2, 0.25) is 0 Å². The molecule has 0 aliphatic rings. The third-order valence-electron chi connectivity index (χ3n) is 1.36. The molecule has 0 spiro atoms. The van der Waals surface area contributed by atoms with Gasteiger partial charge in [-0.05, 0) is 0 Å². The van der Waals surface area contributed by atoms with Gasteiger partial charge in [0.1, 0.15) is 0 Å². The highest BCUT2D eigenvalue weighted by Crippen LogP contribution is 2.12. The maximum absolute atomic E-state index is 5.13. The van der Waals surface area contributed by atoms with Crippen LogP contribution in [0.4, 0.5) is 0 Å². The highest BCUT2D eigenvalue weighted by Gasteiger charge is 2.04. The van der Waals surface area contributed by atoms with Crippen molar-refractivity contribution in [3.05, 3.63) is 11.9 Å². The number of hydrogen-bond acceptors (Lipinski definition) is 2. The lowest BCUT2D eigenvalue weighted by Gasteiger charge is -1.99. The van der Waals surface area contributed by atoms with E-state index in [4.69, 9.17) is 6.42 Å². The largest absolute Gasteiger partial charge is 0.265 e. The molecule has 0 saturated carbocycles. The van der Waals surface area contributed by atoms with E-state index in [1.165, 1.54) is 0 Å². The predicted molar refractivity (Wildman–Crippen MR) is 38.2 cm³/mol. The summed E-state index contributed by atoms with van der Waals surface area (Å²) in [4.78, 5) is 0. The van der Waals surface area contributed by atoms with Crippen molar-refractivity contribution in [2.45, 2.75) is 19.3 Å². The summed E-state index contributed by atoms with van der Waals surface area (Å²) >= 11 is 0. The van der Waals surface area contributed by atoms with Gasteiger partial charge in [0.05, 0.1) is 5.69 Å². The van der Waals surface area contributed by atoms with Crippen LogP contribution in [-0.2, 0) is 0 Å². The average Bonchev–Trinajstić information content (AvgIpc) is 2.38. The summed E-state index contributed by atoms with van der Waals surface area (Å²) < 4.78 is 0. The molecular weight excluding hydrogens is 126 g/mol. The molecule has 1 heterocycles. The molecule has 3 nitrogen and oxygen atoms in total. The quantitative estimate of drug-likeness (QED) is 0.613. The Morgan fingerprint density at radius 1 is 1.90 bits per heavy atom. The Kier molecular flexibility index (Phi) is 2.06. The van der Waals surface area contributed by atoms with Gasteiger partial charge in [-0.1, -0.05) is 12.1 Å². The summed E-state index contributed by atoms with van der Waals surface area (Å²) in [6.45, 7) is 2.03. The second-order valence-corrected chi connectivity index (χ2v) is 2.21. The van der Waals surface area contributed by atoms with Crippen molar-refractivity contribution in [1.82, 2.24) is 15.4 Å². The normalized spacial score (nSPS) is 12.4. The summed E-state index contributed by atoms with van der Waals surface area (Å²) in [5.74, 6) is 2.88. The fourth-order valence-corrected chi connectivity index (χ4v) is 0.733. The van der Waals surface area contributed by atoms with Gasteiger partial charge in [0.15, 0.2) is 0 Å². The van der Waals surface area contributed by atoms with Crippen LogP contribution in [0.1, 0.15) is 25.0 Å². The van der Waals surface area contributed by atoms with Crippen LogP contribution >= 0.6 is 0 Å². The first-order chi connectivity index (χ1) is 4.84. The molecule has 0 aliphatic heterocycles. The SMILES string of the molecule is C#CC[C@@H](C)c1c[nH]nn1. The molecular formula is C7H9N3. The summed E-state index contributed by atoms with van der Waals surface area (Å²) in [5.41, 5.74) is 0.929. The van der Waals surface area contributed by atoms with E-state index >= 15 is 0 Å². The minimum absolute atomic E-state index is 0.309. The van der Waals surface area contributed by atoms with E-state index in [2.05, 4.69) is 21.3 Å². The van der Waals surface area contributed by atoms with Crippen molar-refractivity contribution in [3.8, 4) is 12.3 Å². The molecule has 10 heavy (non-hydrogen) atoms. The van der Waals surface area contributed by atoms with Crippen molar-refractivity contribution < 1.29 is 0 Å². The van der Waals surface area contributed by atoms with Gasteiger partial charge < -0.3 is 0 Å². The van der Waals surface area contributed by atoms with Crippen molar-refractivity contribution >= 4 is 0 Å². The fraction of sp³-hybridized carbons (Fsp3) is 0.429. The lowest BCUT2D eigenvalue weighted by Crippen LogP contribution is -1.91. The number of nitrogens with one attached hydrogen (secondary N) is 1. The molecule has 52 valence electrons. The predicted octanol–water partition coefficient (Wildman–Crippen LogP) is 0.931. The van der Waals surface area contributed by atoms with Crippen molar-refractivity contribution in [1.29, 1.82) is 0 Å². The Hall–Kier alpha value is -1.30. The molecule has 0 radical (unpaired) electrons. The summed E-state index contributed by atoms with van der Waals surface area (Å²) in [5, 5.41) is 10.1. The first-order valence-corrected chi connectivity index (χ1v) is 3.14. The fourth-order valence-electron chi connectivity index (χ4n) is 0.733. The van der Waals surface area contributed by atoms with Gasteiger partial charge >= 0.3 is 0 Å². The summed E-state index contributed by atoms with van der Waals surface area (Å²) in [7, 11) is 0. The van der Waals surface area contributed by atoms with Crippen LogP contribution in [0.25, 0.3) is 0 Å². The molecule has 0 aliphatic carbocycles. The van der Waals surface area contributed by atoms with Gasteiger partial charge in [0.25, 0.3) is 0 Å². The van der Waals surface area contributed by atoms with E-state index in [1.54, 1.807) is 6.20 Å². The number of hydrogen-bond donors (Lipinski definition) is 1. The van der Waals surface area contributed by atoms with Crippen molar-refractivity contribution in [3.63, 3.8) is 0 Å². The molecule has 0 fully saturated rings. The Labute approximate surface area is 59.8 Å². The molecule has 1 N–H and O–H groups in total. The van der Waals surface area contributed by atoms with Gasteiger partial charge in [0, 0.05) is 18.5 Å². The smallest absolute Gasteiger partial charge is 0.0862 e. The Bertz CT molecular complexity index is 219. The number of rotatable bonds is 2. The van der Waals surface area contributed by atoms with Gasteiger partial charge in [-0.3, -0.25) is 5.10 Å². The zero-order chi connectivity index (χ0) is 7.40. The van der Waals surface area contributed by atoms with Crippen molar-refractivity contribution in [2.75, 3.05) is 0 Å². The van der Waals surface area contributed by atoms with E-state index in [1.807, 2.05) is 6.92 Å². The standard InChI is InChI=1S/C7H9N3/c1-3-4-6(2)7-5-8-10-9-7/h1,5-6H,4H2,2H3,(H,8,9,10)/t6-/m1/s1. The topological polar surface area (TPSA) is 41.6 Å². The maximum Gasteiger partial charge on any atom is 0.0862 e. The molecule has 0 saturated heterocycles. The minimum atomic E-state index is 0.309. The van der Waals surface area contributed by atoms with Crippen LogP contribution in [0.5, 0.6) is 0 Å². The van der Waals surface area contributed by atoms with Crippen LogP contribution < -0.4 is 0 Å². The van der Waals surface area contributed by atoms with E-state index in [0.29, 0.717) is 12.3 Å². The molecule has 0 unspecified atom stereocenters. The van der Waals surface area contributed by atoms with Crippen LogP contribution in [0.3, 0.4) is 0 Å². The molecule has 0 aromatic carbocycles. The molecule has 1 aromatic heterocycles. The molecule has 1 rings (SSSR count). The Balaban J connectivity index is 2.61. The number of terminal acetylenes is 1. The minimum Gasteiger partial charge on any atom is -0.265 e.